The third-order valence-electron chi connectivity index (χ3n) is 2.58. The Morgan fingerprint density at radius 2 is 1.90 bits per heavy atom. The predicted molar refractivity (Wildman–Crippen MR) is 72.8 cm³/mol. The molecule has 0 aliphatic heterocycles. The number of hydrogen-bond acceptors (Lipinski definition) is 5. The summed E-state index contributed by atoms with van der Waals surface area (Å²) >= 11 is 0. The van der Waals surface area contributed by atoms with Crippen molar-refractivity contribution >= 4 is 18.0 Å². The highest BCUT2D eigenvalue weighted by Crippen LogP contribution is 2.11. The highest BCUT2D eigenvalue weighted by atomic mass is 16.5. The summed E-state index contributed by atoms with van der Waals surface area (Å²) in [4.78, 5) is 33.7. The van der Waals surface area contributed by atoms with E-state index < -0.39 is 24.1 Å². The van der Waals surface area contributed by atoms with Crippen LogP contribution in [0.15, 0.2) is 24.3 Å². The smallest absolute Gasteiger partial charge is 0.408 e. The van der Waals surface area contributed by atoms with Crippen LogP contribution in [0.4, 0.5) is 4.79 Å². The molecule has 1 amide bonds. The molecule has 7 nitrogen and oxygen atoms in total. The molecule has 0 saturated heterocycles. The van der Waals surface area contributed by atoms with E-state index in [1.54, 1.807) is 31.2 Å². The van der Waals surface area contributed by atoms with Gasteiger partial charge in [0.15, 0.2) is 0 Å². The van der Waals surface area contributed by atoms with Gasteiger partial charge in [0, 0.05) is 5.56 Å². The molecule has 0 aliphatic carbocycles. The number of ether oxygens (including phenoxy) is 2. The number of esters is 1. The van der Waals surface area contributed by atoms with Crippen molar-refractivity contribution in [3.05, 3.63) is 35.4 Å². The molecule has 1 rings (SSSR count). The normalized spacial score (nSPS) is 11.3. The first kappa shape index (κ1) is 16.5. The Hall–Kier alpha value is -2.57. The Bertz CT molecular complexity index is 528. The van der Waals surface area contributed by atoms with Crippen molar-refractivity contribution in [2.75, 3.05) is 6.61 Å². The molecular formula is C14H17NO6. The maximum absolute atomic E-state index is 11.7. The fourth-order valence-electron chi connectivity index (χ4n) is 1.48. The predicted octanol–water partition coefficient (Wildman–Crippen LogP) is 1.56. The van der Waals surface area contributed by atoms with Crippen molar-refractivity contribution < 1.29 is 29.0 Å². The first-order valence-corrected chi connectivity index (χ1v) is 6.36. The van der Waals surface area contributed by atoms with Crippen LogP contribution in [0.2, 0.25) is 0 Å². The van der Waals surface area contributed by atoms with Crippen molar-refractivity contribution in [1.29, 1.82) is 0 Å². The second-order valence-electron chi connectivity index (χ2n) is 4.16. The lowest BCUT2D eigenvalue weighted by Gasteiger charge is -2.12. The summed E-state index contributed by atoms with van der Waals surface area (Å²) in [5.74, 6) is -1.67. The number of carbonyl (C=O) groups is 3. The summed E-state index contributed by atoms with van der Waals surface area (Å²) in [7, 11) is 0. The monoisotopic (exact) mass is 295 g/mol. The number of benzene rings is 1. The molecule has 0 radical (unpaired) electrons. The van der Waals surface area contributed by atoms with Crippen LogP contribution in [0, 0.1) is 0 Å². The van der Waals surface area contributed by atoms with Crippen LogP contribution in [-0.4, -0.2) is 35.8 Å². The van der Waals surface area contributed by atoms with Gasteiger partial charge >= 0.3 is 18.0 Å². The first-order chi connectivity index (χ1) is 9.95. The van der Waals surface area contributed by atoms with Crippen LogP contribution in [0.1, 0.15) is 29.8 Å². The van der Waals surface area contributed by atoms with Crippen LogP contribution in [0.3, 0.4) is 0 Å². The molecule has 7 heteroatoms. The third-order valence-corrected chi connectivity index (χ3v) is 2.58. The fraction of sp³-hybridized carbons (Fsp3) is 0.357. The number of carbonyl (C=O) groups excluding carboxylic acids is 2. The maximum atomic E-state index is 11.7. The minimum Gasteiger partial charge on any atom is -0.480 e. The molecule has 0 spiro atoms. The van der Waals surface area contributed by atoms with Crippen molar-refractivity contribution in [2.45, 2.75) is 26.5 Å². The summed E-state index contributed by atoms with van der Waals surface area (Å²) in [6.07, 6.45) is -0.872. The number of carboxylic acids is 1. The highest BCUT2D eigenvalue weighted by Gasteiger charge is 2.16. The van der Waals surface area contributed by atoms with E-state index in [1.165, 1.54) is 6.92 Å². The lowest BCUT2D eigenvalue weighted by molar-refractivity contribution is -0.138. The zero-order valence-electron chi connectivity index (χ0n) is 11.8. The van der Waals surface area contributed by atoms with Crippen LogP contribution in [0.5, 0.6) is 0 Å². The molecule has 0 saturated carbocycles. The molecule has 1 atom stereocenters. The molecule has 1 unspecified atom stereocenters. The van der Waals surface area contributed by atoms with Gasteiger partial charge in [0.2, 0.25) is 0 Å². The van der Waals surface area contributed by atoms with Gasteiger partial charge in [-0.3, -0.25) is 4.79 Å². The molecule has 0 heterocycles. The van der Waals surface area contributed by atoms with Gasteiger partial charge < -0.3 is 19.9 Å². The molecule has 0 bridgehead atoms. The van der Waals surface area contributed by atoms with Crippen LogP contribution in [0.25, 0.3) is 0 Å². The average molecular weight is 295 g/mol. The van der Waals surface area contributed by atoms with E-state index >= 15 is 0 Å². The zero-order chi connectivity index (χ0) is 15.8. The number of amides is 1. The van der Waals surface area contributed by atoms with Gasteiger partial charge in [-0.1, -0.05) is 18.2 Å². The largest absolute Gasteiger partial charge is 0.480 e. The Morgan fingerprint density at radius 3 is 2.52 bits per heavy atom. The SMILES string of the molecule is CCOC(=O)c1ccccc1COC(=O)NC(C)C(=O)O. The van der Waals surface area contributed by atoms with E-state index in [0.717, 1.165) is 0 Å². The summed E-state index contributed by atoms with van der Waals surface area (Å²) in [6, 6.07) is 5.49. The van der Waals surface area contributed by atoms with Crippen molar-refractivity contribution in [3.8, 4) is 0 Å². The quantitative estimate of drug-likeness (QED) is 0.772. The number of nitrogens with one attached hydrogen (secondary N) is 1. The van der Waals surface area contributed by atoms with Gasteiger partial charge in [-0.2, -0.15) is 0 Å². The molecule has 114 valence electrons. The molecular weight excluding hydrogens is 278 g/mol. The molecule has 2 N–H and O–H groups in total. The van der Waals surface area contributed by atoms with Crippen LogP contribution < -0.4 is 5.32 Å². The van der Waals surface area contributed by atoms with Gasteiger partial charge in [-0.25, -0.2) is 9.59 Å². The van der Waals surface area contributed by atoms with Gasteiger partial charge in [0.05, 0.1) is 12.2 Å². The third kappa shape index (κ3) is 5.13. The molecule has 0 aliphatic rings. The highest BCUT2D eigenvalue weighted by molar-refractivity contribution is 5.91. The number of alkyl carbamates (subject to hydrolysis) is 1. The minimum atomic E-state index is -1.17. The van der Waals surface area contributed by atoms with Gasteiger partial charge in [0.25, 0.3) is 0 Å². The average Bonchev–Trinajstić information content (AvgIpc) is 2.45. The first-order valence-electron chi connectivity index (χ1n) is 6.36. The molecule has 0 aromatic heterocycles. The standard InChI is InChI=1S/C14H17NO6/c1-3-20-13(18)11-7-5-4-6-10(11)8-21-14(19)15-9(2)12(16)17/h4-7,9H,3,8H2,1-2H3,(H,15,19)(H,16,17). The van der Waals surface area contributed by atoms with E-state index in [2.05, 4.69) is 5.32 Å². The summed E-state index contributed by atoms with van der Waals surface area (Å²) < 4.78 is 9.80. The summed E-state index contributed by atoms with van der Waals surface area (Å²) in [5.41, 5.74) is 0.785. The Kier molecular flexibility index (Phi) is 6.19. The van der Waals surface area contributed by atoms with E-state index in [-0.39, 0.29) is 13.2 Å². The maximum Gasteiger partial charge on any atom is 0.408 e. The van der Waals surface area contributed by atoms with Crippen molar-refractivity contribution in [3.63, 3.8) is 0 Å². The lowest BCUT2D eigenvalue weighted by atomic mass is 10.1. The van der Waals surface area contributed by atoms with E-state index in [9.17, 15) is 14.4 Å². The summed E-state index contributed by atoms with van der Waals surface area (Å²) in [5, 5.41) is 10.8. The van der Waals surface area contributed by atoms with E-state index in [4.69, 9.17) is 14.6 Å². The minimum absolute atomic E-state index is 0.160. The van der Waals surface area contributed by atoms with E-state index in [1.807, 2.05) is 0 Å². The van der Waals surface area contributed by atoms with Crippen molar-refractivity contribution in [1.82, 2.24) is 5.32 Å². The Balaban J connectivity index is 2.65. The number of aliphatic carboxylic acids is 1. The molecule has 1 aromatic carbocycles. The number of hydrogen-bond donors (Lipinski definition) is 2. The van der Waals surface area contributed by atoms with Crippen molar-refractivity contribution in [2.24, 2.45) is 0 Å². The molecule has 0 fully saturated rings. The summed E-state index contributed by atoms with van der Waals surface area (Å²) in [6.45, 7) is 3.09. The second-order valence-corrected chi connectivity index (χ2v) is 4.16. The Labute approximate surface area is 121 Å². The number of carboxylic acid groups (broad SMARTS) is 1. The van der Waals surface area contributed by atoms with E-state index in [0.29, 0.717) is 11.1 Å². The van der Waals surface area contributed by atoms with Gasteiger partial charge in [-0.05, 0) is 19.9 Å². The Morgan fingerprint density at radius 1 is 1.24 bits per heavy atom. The second kappa shape index (κ2) is 7.88. The topological polar surface area (TPSA) is 102 Å². The van der Waals surface area contributed by atoms with Gasteiger partial charge in [0.1, 0.15) is 12.6 Å². The lowest BCUT2D eigenvalue weighted by Crippen LogP contribution is -2.38. The van der Waals surface area contributed by atoms with Crippen LogP contribution >= 0.6 is 0 Å². The van der Waals surface area contributed by atoms with Gasteiger partial charge in [-0.15, -0.1) is 0 Å². The number of rotatable bonds is 6. The van der Waals surface area contributed by atoms with Crippen LogP contribution in [-0.2, 0) is 20.9 Å². The fourth-order valence-corrected chi connectivity index (χ4v) is 1.48. The molecule has 21 heavy (non-hydrogen) atoms. The molecule has 1 aromatic rings. The zero-order valence-corrected chi connectivity index (χ0v) is 11.8.